The lowest BCUT2D eigenvalue weighted by molar-refractivity contribution is -0.134. The van der Waals surface area contributed by atoms with Gasteiger partial charge in [0.1, 0.15) is 11.6 Å². The van der Waals surface area contributed by atoms with Crippen LogP contribution in [-0.2, 0) is 11.3 Å². The molecule has 4 aromatic rings. The van der Waals surface area contributed by atoms with E-state index in [-0.39, 0.29) is 31.2 Å². The number of aryl methyl sites for hydroxylation is 1. The van der Waals surface area contributed by atoms with Crippen LogP contribution in [0, 0.1) is 6.92 Å². The Kier molecular flexibility index (Phi) is 8.86. The zero-order valence-electron chi connectivity index (χ0n) is 22.7. The Morgan fingerprint density at radius 3 is 2.45 bits per heavy atom. The second kappa shape index (κ2) is 12.3. The average Bonchev–Trinajstić information content (AvgIpc) is 2.92. The number of phenols is 1. The molecule has 208 valence electrons. The SMILES string of the molecule is Cc1ccc(C(=O)N(CCCN)C(C(=O)N(C)C)c2nc3cc(Cl)ccc3c(=O)n2Cc2cccc(O)c2)cc1. The van der Waals surface area contributed by atoms with Crippen molar-refractivity contribution in [2.24, 2.45) is 5.73 Å². The highest BCUT2D eigenvalue weighted by Gasteiger charge is 2.36. The minimum Gasteiger partial charge on any atom is -0.508 e. The predicted octanol–water partition coefficient (Wildman–Crippen LogP) is 3.73. The van der Waals surface area contributed by atoms with Crippen molar-refractivity contribution in [1.82, 2.24) is 19.4 Å². The molecule has 1 heterocycles. The first-order valence-electron chi connectivity index (χ1n) is 12.9. The van der Waals surface area contributed by atoms with Crippen molar-refractivity contribution in [3.63, 3.8) is 0 Å². The number of likely N-dealkylation sites (N-methyl/N-ethyl adjacent to an activating group) is 1. The molecule has 0 saturated carbocycles. The molecule has 2 amide bonds. The van der Waals surface area contributed by atoms with Crippen LogP contribution < -0.4 is 11.3 Å². The largest absolute Gasteiger partial charge is 0.508 e. The standard InChI is InChI=1S/C30H32ClN5O4/c1-19-8-10-21(11-9-19)28(38)35(15-5-14-32)26(30(40)34(2)3)27-33-25-17-22(31)12-13-24(25)29(39)36(27)18-20-6-4-7-23(37)16-20/h4,6-13,16-17,26,37H,5,14-15,18,32H2,1-3H3. The number of hydrogen-bond acceptors (Lipinski definition) is 6. The van der Waals surface area contributed by atoms with E-state index in [1.165, 1.54) is 26.5 Å². The third-order valence-electron chi connectivity index (χ3n) is 6.59. The van der Waals surface area contributed by atoms with E-state index in [0.29, 0.717) is 33.5 Å². The summed E-state index contributed by atoms with van der Waals surface area (Å²) < 4.78 is 1.38. The van der Waals surface area contributed by atoms with Crippen molar-refractivity contribution in [3.05, 3.63) is 105 Å². The zero-order chi connectivity index (χ0) is 29.0. The number of carbonyl (C=O) groups is 2. The van der Waals surface area contributed by atoms with Gasteiger partial charge in [-0.05, 0) is 67.9 Å². The molecule has 1 atom stereocenters. The Morgan fingerprint density at radius 1 is 1.07 bits per heavy atom. The Morgan fingerprint density at radius 2 is 1.80 bits per heavy atom. The van der Waals surface area contributed by atoms with Gasteiger partial charge in [-0.1, -0.05) is 41.4 Å². The number of aromatic nitrogens is 2. The predicted molar refractivity (Wildman–Crippen MR) is 156 cm³/mol. The van der Waals surface area contributed by atoms with E-state index in [1.54, 1.807) is 56.6 Å². The van der Waals surface area contributed by atoms with Crippen molar-refractivity contribution in [2.45, 2.75) is 25.9 Å². The van der Waals surface area contributed by atoms with Crippen LogP contribution in [0.25, 0.3) is 10.9 Å². The van der Waals surface area contributed by atoms with Crippen LogP contribution in [0.4, 0.5) is 0 Å². The fraction of sp³-hybridized carbons (Fsp3) is 0.267. The third-order valence-corrected chi connectivity index (χ3v) is 6.83. The van der Waals surface area contributed by atoms with Gasteiger partial charge in [-0.3, -0.25) is 19.0 Å². The van der Waals surface area contributed by atoms with E-state index in [9.17, 15) is 19.5 Å². The molecule has 1 unspecified atom stereocenters. The maximum absolute atomic E-state index is 14.0. The molecule has 10 heteroatoms. The molecule has 0 aliphatic carbocycles. The van der Waals surface area contributed by atoms with Crippen LogP contribution in [0.3, 0.4) is 0 Å². The van der Waals surface area contributed by atoms with Crippen molar-refractivity contribution in [2.75, 3.05) is 27.2 Å². The van der Waals surface area contributed by atoms with Crippen molar-refractivity contribution in [1.29, 1.82) is 0 Å². The summed E-state index contributed by atoms with van der Waals surface area (Å²) in [5.41, 5.74) is 7.73. The number of hydrogen-bond donors (Lipinski definition) is 2. The number of carbonyl (C=O) groups excluding carboxylic acids is 2. The van der Waals surface area contributed by atoms with Crippen LogP contribution >= 0.6 is 11.6 Å². The van der Waals surface area contributed by atoms with Crippen molar-refractivity contribution >= 4 is 34.3 Å². The third kappa shape index (κ3) is 6.16. The quantitative estimate of drug-likeness (QED) is 0.321. The van der Waals surface area contributed by atoms with Crippen LogP contribution in [0.2, 0.25) is 5.02 Å². The van der Waals surface area contributed by atoms with Gasteiger partial charge in [0, 0.05) is 31.2 Å². The van der Waals surface area contributed by atoms with E-state index in [2.05, 4.69) is 0 Å². The number of phenolic OH excluding ortho intramolecular Hbond substituents is 1. The van der Waals surface area contributed by atoms with Gasteiger partial charge in [0.05, 0.1) is 17.4 Å². The van der Waals surface area contributed by atoms with Crippen LogP contribution in [0.1, 0.15) is 39.8 Å². The molecule has 0 aliphatic rings. The van der Waals surface area contributed by atoms with Gasteiger partial charge in [0.15, 0.2) is 6.04 Å². The first-order chi connectivity index (χ1) is 19.1. The molecular weight excluding hydrogens is 530 g/mol. The number of amides is 2. The summed E-state index contributed by atoms with van der Waals surface area (Å²) in [7, 11) is 3.17. The fourth-order valence-corrected chi connectivity index (χ4v) is 4.68. The highest BCUT2D eigenvalue weighted by atomic mass is 35.5. The number of aromatic hydroxyl groups is 1. The number of benzene rings is 3. The lowest BCUT2D eigenvalue weighted by Crippen LogP contribution is -2.47. The zero-order valence-corrected chi connectivity index (χ0v) is 23.4. The average molecular weight is 562 g/mol. The minimum atomic E-state index is -1.25. The van der Waals surface area contributed by atoms with E-state index in [4.69, 9.17) is 22.3 Å². The highest BCUT2D eigenvalue weighted by Crippen LogP contribution is 2.27. The van der Waals surface area contributed by atoms with E-state index in [0.717, 1.165) is 5.56 Å². The summed E-state index contributed by atoms with van der Waals surface area (Å²) >= 11 is 6.25. The topological polar surface area (TPSA) is 122 Å². The lowest BCUT2D eigenvalue weighted by Gasteiger charge is -2.33. The van der Waals surface area contributed by atoms with Crippen molar-refractivity contribution < 1.29 is 14.7 Å². The molecular formula is C30H32ClN5O4. The van der Waals surface area contributed by atoms with E-state index in [1.807, 2.05) is 19.1 Å². The molecule has 3 N–H and O–H groups in total. The Hall–Kier alpha value is -4.21. The number of nitrogens with zero attached hydrogens (tertiary/aromatic N) is 4. The Balaban J connectivity index is 2.00. The van der Waals surface area contributed by atoms with Crippen molar-refractivity contribution in [3.8, 4) is 5.75 Å². The number of nitrogens with two attached hydrogens (primary N) is 1. The van der Waals surface area contributed by atoms with Gasteiger partial charge in [0.2, 0.25) is 0 Å². The van der Waals surface area contributed by atoms with Crippen LogP contribution in [0.15, 0.2) is 71.5 Å². The van der Waals surface area contributed by atoms with Gasteiger partial charge in [-0.15, -0.1) is 0 Å². The smallest absolute Gasteiger partial charge is 0.261 e. The summed E-state index contributed by atoms with van der Waals surface area (Å²) in [5, 5.41) is 10.7. The van der Waals surface area contributed by atoms with Gasteiger partial charge in [-0.2, -0.15) is 0 Å². The Labute approximate surface area is 237 Å². The molecule has 40 heavy (non-hydrogen) atoms. The fourth-order valence-electron chi connectivity index (χ4n) is 4.51. The van der Waals surface area contributed by atoms with Gasteiger partial charge in [0.25, 0.3) is 17.4 Å². The number of rotatable bonds is 9. The first-order valence-corrected chi connectivity index (χ1v) is 13.2. The highest BCUT2D eigenvalue weighted by molar-refractivity contribution is 6.31. The molecule has 0 bridgehead atoms. The summed E-state index contributed by atoms with van der Waals surface area (Å²) in [6, 6.07) is 17.0. The van der Waals surface area contributed by atoms with Gasteiger partial charge >= 0.3 is 0 Å². The lowest BCUT2D eigenvalue weighted by atomic mass is 10.1. The van der Waals surface area contributed by atoms with Crippen LogP contribution in [0.5, 0.6) is 5.75 Å². The molecule has 3 aromatic carbocycles. The summed E-state index contributed by atoms with van der Waals surface area (Å²) in [6.07, 6.45) is 0.422. The van der Waals surface area contributed by atoms with E-state index < -0.39 is 23.4 Å². The maximum atomic E-state index is 14.0. The Bertz CT molecular complexity index is 1600. The van der Waals surface area contributed by atoms with Gasteiger partial charge < -0.3 is 20.6 Å². The normalized spacial score (nSPS) is 11.8. The molecule has 0 aliphatic heterocycles. The molecule has 9 nitrogen and oxygen atoms in total. The minimum absolute atomic E-state index is 0.00872. The molecule has 0 radical (unpaired) electrons. The van der Waals surface area contributed by atoms with E-state index >= 15 is 0 Å². The maximum Gasteiger partial charge on any atom is 0.261 e. The van der Waals surface area contributed by atoms with Gasteiger partial charge in [-0.25, -0.2) is 4.98 Å². The summed E-state index contributed by atoms with van der Waals surface area (Å²) in [6.45, 7) is 2.37. The monoisotopic (exact) mass is 561 g/mol. The molecule has 0 saturated heterocycles. The molecule has 0 fully saturated rings. The summed E-state index contributed by atoms with van der Waals surface area (Å²) in [4.78, 5) is 49.4. The molecule has 0 spiro atoms. The molecule has 1 aromatic heterocycles. The molecule has 4 rings (SSSR count). The number of halogens is 1. The van der Waals surface area contributed by atoms with Crippen LogP contribution in [-0.4, -0.2) is 63.5 Å². The second-order valence-corrected chi connectivity index (χ2v) is 10.3. The number of fused-ring (bicyclic) bond motifs is 1. The second-order valence-electron chi connectivity index (χ2n) is 9.83. The first kappa shape index (κ1) is 28.8. The summed E-state index contributed by atoms with van der Waals surface area (Å²) in [5.74, 6) is -0.708.